The van der Waals surface area contributed by atoms with Crippen molar-refractivity contribution in [1.82, 2.24) is 9.80 Å². The maximum absolute atomic E-state index is 12.5. The van der Waals surface area contributed by atoms with Crippen LogP contribution in [-0.2, 0) is 16.1 Å². The lowest BCUT2D eigenvalue weighted by atomic mass is 10.1. The highest BCUT2D eigenvalue weighted by Crippen LogP contribution is 2.26. The Morgan fingerprint density at radius 1 is 1.16 bits per heavy atom. The fourth-order valence-corrected chi connectivity index (χ4v) is 3.28. The largest absolute Gasteiger partial charge is 0.501 e. The standard InChI is InChI=1S/C19H26N2O4/c1-23-17-5-6-18(24-2)16(12-17)13-20-7-9-21(10-8-20)19(22)15-4-3-11-25-14-15/h5-6,12,14H,3-4,7-11,13H2,1-2H3. The molecule has 0 saturated carbocycles. The highest BCUT2D eigenvalue weighted by atomic mass is 16.5. The van der Waals surface area contributed by atoms with Crippen LogP contribution in [0, 0.1) is 0 Å². The summed E-state index contributed by atoms with van der Waals surface area (Å²) >= 11 is 0. The molecule has 2 heterocycles. The van der Waals surface area contributed by atoms with Crippen molar-refractivity contribution in [3.63, 3.8) is 0 Å². The van der Waals surface area contributed by atoms with Crippen molar-refractivity contribution in [2.24, 2.45) is 0 Å². The predicted octanol–water partition coefficient (Wildman–Crippen LogP) is 2.04. The zero-order valence-corrected chi connectivity index (χ0v) is 15.0. The molecule has 1 saturated heterocycles. The number of carbonyl (C=O) groups is 1. The van der Waals surface area contributed by atoms with Gasteiger partial charge in [0.05, 0.1) is 32.7 Å². The maximum atomic E-state index is 12.5. The van der Waals surface area contributed by atoms with E-state index in [0.717, 1.165) is 68.2 Å². The SMILES string of the molecule is COc1ccc(OC)c(CN2CCN(C(=O)C3=COCCC3)CC2)c1. The number of methoxy groups -OCH3 is 2. The molecule has 0 unspecified atom stereocenters. The number of nitrogens with zero attached hydrogens (tertiary/aromatic N) is 2. The fourth-order valence-electron chi connectivity index (χ4n) is 3.28. The average molecular weight is 346 g/mol. The molecule has 0 bridgehead atoms. The molecular weight excluding hydrogens is 320 g/mol. The number of benzene rings is 1. The van der Waals surface area contributed by atoms with E-state index in [-0.39, 0.29) is 5.91 Å². The molecule has 0 aromatic heterocycles. The number of carbonyl (C=O) groups excluding carboxylic acids is 1. The second-order valence-corrected chi connectivity index (χ2v) is 6.36. The van der Waals surface area contributed by atoms with E-state index in [0.29, 0.717) is 6.61 Å². The minimum Gasteiger partial charge on any atom is -0.501 e. The van der Waals surface area contributed by atoms with Gasteiger partial charge >= 0.3 is 0 Å². The minimum absolute atomic E-state index is 0.123. The van der Waals surface area contributed by atoms with E-state index in [4.69, 9.17) is 14.2 Å². The lowest BCUT2D eigenvalue weighted by Gasteiger charge is -2.35. The maximum Gasteiger partial charge on any atom is 0.252 e. The van der Waals surface area contributed by atoms with Gasteiger partial charge in [0.2, 0.25) is 0 Å². The van der Waals surface area contributed by atoms with Crippen LogP contribution >= 0.6 is 0 Å². The van der Waals surface area contributed by atoms with E-state index in [9.17, 15) is 4.79 Å². The Labute approximate surface area is 148 Å². The molecule has 25 heavy (non-hydrogen) atoms. The first-order chi connectivity index (χ1) is 12.2. The highest BCUT2D eigenvalue weighted by molar-refractivity contribution is 5.93. The van der Waals surface area contributed by atoms with Crippen molar-refractivity contribution in [2.45, 2.75) is 19.4 Å². The van der Waals surface area contributed by atoms with Crippen LogP contribution in [0.4, 0.5) is 0 Å². The number of hydrogen-bond acceptors (Lipinski definition) is 5. The van der Waals surface area contributed by atoms with Gasteiger partial charge in [0, 0.05) is 38.3 Å². The van der Waals surface area contributed by atoms with E-state index in [1.807, 2.05) is 23.1 Å². The third-order valence-corrected chi connectivity index (χ3v) is 4.75. The summed E-state index contributed by atoms with van der Waals surface area (Å²) in [6, 6.07) is 5.85. The molecule has 1 aromatic rings. The van der Waals surface area contributed by atoms with E-state index < -0.39 is 0 Å². The molecule has 6 nitrogen and oxygen atoms in total. The van der Waals surface area contributed by atoms with E-state index in [2.05, 4.69) is 4.90 Å². The molecule has 1 amide bonds. The minimum atomic E-state index is 0.123. The number of piperazine rings is 1. The van der Waals surface area contributed by atoms with Crippen molar-refractivity contribution in [3.05, 3.63) is 35.6 Å². The Morgan fingerprint density at radius 3 is 2.60 bits per heavy atom. The summed E-state index contributed by atoms with van der Waals surface area (Å²) in [5.74, 6) is 1.82. The van der Waals surface area contributed by atoms with Crippen LogP contribution in [-0.4, -0.2) is 62.7 Å². The second kappa shape index (κ2) is 8.25. The Balaban J connectivity index is 1.57. The van der Waals surface area contributed by atoms with Gasteiger partial charge in [-0.3, -0.25) is 9.69 Å². The molecule has 0 N–H and O–H groups in total. The normalized spacial score (nSPS) is 18.3. The van der Waals surface area contributed by atoms with Crippen molar-refractivity contribution in [3.8, 4) is 11.5 Å². The lowest BCUT2D eigenvalue weighted by molar-refractivity contribution is -0.129. The third-order valence-electron chi connectivity index (χ3n) is 4.75. The molecule has 6 heteroatoms. The van der Waals surface area contributed by atoms with Crippen LogP contribution in [0.5, 0.6) is 11.5 Å². The molecular formula is C19H26N2O4. The number of hydrogen-bond donors (Lipinski definition) is 0. The molecule has 136 valence electrons. The van der Waals surface area contributed by atoms with Crippen molar-refractivity contribution in [2.75, 3.05) is 47.0 Å². The summed E-state index contributed by atoms with van der Waals surface area (Å²) in [4.78, 5) is 16.8. The van der Waals surface area contributed by atoms with Crippen LogP contribution in [0.1, 0.15) is 18.4 Å². The highest BCUT2D eigenvalue weighted by Gasteiger charge is 2.25. The fraction of sp³-hybridized carbons (Fsp3) is 0.526. The molecule has 0 radical (unpaired) electrons. The van der Waals surface area contributed by atoms with Crippen LogP contribution in [0.25, 0.3) is 0 Å². The van der Waals surface area contributed by atoms with Gasteiger partial charge in [-0.25, -0.2) is 0 Å². The molecule has 1 aromatic carbocycles. The smallest absolute Gasteiger partial charge is 0.252 e. The first-order valence-electron chi connectivity index (χ1n) is 8.74. The number of amides is 1. The Morgan fingerprint density at radius 2 is 1.96 bits per heavy atom. The average Bonchev–Trinajstić information content (AvgIpc) is 2.68. The van der Waals surface area contributed by atoms with Crippen molar-refractivity contribution in [1.29, 1.82) is 0 Å². The molecule has 1 fully saturated rings. The van der Waals surface area contributed by atoms with E-state index in [1.165, 1.54) is 0 Å². The summed E-state index contributed by atoms with van der Waals surface area (Å²) in [7, 11) is 3.35. The summed E-state index contributed by atoms with van der Waals surface area (Å²) < 4.78 is 16.1. The van der Waals surface area contributed by atoms with Crippen LogP contribution < -0.4 is 9.47 Å². The Hall–Kier alpha value is -2.21. The van der Waals surface area contributed by atoms with Crippen LogP contribution in [0.3, 0.4) is 0 Å². The van der Waals surface area contributed by atoms with Gasteiger partial charge in [-0.1, -0.05) is 0 Å². The second-order valence-electron chi connectivity index (χ2n) is 6.36. The van der Waals surface area contributed by atoms with Gasteiger partial charge in [0.25, 0.3) is 5.91 Å². The first kappa shape index (κ1) is 17.6. The number of ether oxygens (including phenoxy) is 3. The van der Waals surface area contributed by atoms with E-state index in [1.54, 1.807) is 20.5 Å². The van der Waals surface area contributed by atoms with Gasteiger partial charge in [-0.15, -0.1) is 0 Å². The zero-order valence-electron chi connectivity index (χ0n) is 15.0. The summed E-state index contributed by atoms with van der Waals surface area (Å²) in [5.41, 5.74) is 1.90. The molecule has 2 aliphatic rings. The summed E-state index contributed by atoms with van der Waals surface area (Å²) in [6.07, 6.45) is 3.38. The van der Waals surface area contributed by atoms with Gasteiger partial charge in [0.1, 0.15) is 11.5 Å². The first-order valence-corrected chi connectivity index (χ1v) is 8.74. The third kappa shape index (κ3) is 4.25. The summed E-state index contributed by atoms with van der Waals surface area (Å²) in [6.45, 7) is 4.67. The van der Waals surface area contributed by atoms with E-state index >= 15 is 0 Å². The van der Waals surface area contributed by atoms with Crippen LogP contribution in [0.15, 0.2) is 30.0 Å². The lowest BCUT2D eigenvalue weighted by Crippen LogP contribution is -2.48. The molecule has 3 rings (SSSR count). The zero-order chi connectivity index (χ0) is 17.6. The number of rotatable bonds is 5. The van der Waals surface area contributed by atoms with Gasteiger partial charge in [0.15, 0.2) is 0 Å². The quantitative estimate of drug-likeness (QED) is 0.817. The topological polar surface area (TPSA) is 51.2 Å². The summed E-state index contributed by atoms with van der Waals surface area (Å²) in [5, 5.41) is 0. The van der Waals surface area contributed by atoms with Crippen molar-refractivity contribution >= 4 is 5.91 Å². The molecule has 0 aliphatic carbocycles. The van der Waals surface area contributed by atoms with Gasteiger partial charge < -0.3 is 19.1 Å². The van der Waals surface area contributed by atoms with Crippen molar-refractivity contribution < 1.29 is 19.0 Å². The monoisotopic (exact) mass is 346 g/mol. The van der Waals surface area contributed by atoms with Gasteiger partial charge in [-0.05, 0) is 31.0 Å². The van der Waals surface area contributed by atoms with Gasteiger partial charge in [-0.2, -0.15) is 0 Å². The molecule has 0 atom stereocenters. The predicted molar refractivity (Wildman–Crippen MR) is 94.7 cm³/mol. The Bertz CT molecular complexity index is 636. The van der Waals surface area contributed by atoms with Crippen LogP contribution in [0.2, 0.25) is 0 Å². The Kier molecular flexibility index (Phi) is 5.81. The molecule has 0 spiro atoms. The molecule has 2 aliphatic heterocycles.